The largest absolute Gasteiger partial charge is 0.396 e. The van der Waals surface area contributed by atoms with E-state index in [1.807, 2.05) is 11.3 Å². The van der Waals surface area contributed by atoms with Crippen molar-refractivity contribution in [1.29, 1.82) is 0 Å². The Balaban J connectivity index is 2.00. The second kappa shape index (κ2) is 6.69. The monoisotopic (exact) mass is 267 g/mol. The summed E-state index contributed by atoms with van der Waals surface area (Å²) in [6.07, 6.45) is 3.49. The van der Waals surface area contributed by atoms with Gasteiger partial charge in [0.1, 0.15) is 0 Å². The predicted octanol–water partition coefficient (Wildman–Crippen LogP) is 3.33. The lowest BCUT2D eigenvalue weighted by molar-refractivity contribution is 0.179. The summed E-state index contributed by atoms with van der Waals surface area (Å²) in [4.78, 5) is 4.11. The van der Waals surface area contributed by atoms with Crippen LogP contribution >= 0.6 is 11.3 Å². The van der Waals surface area contributed by atoms with Gasteiger partial charge in [0.05, 0.1) is 0 Å². The molecular weight excluding hydrogens is 242 g/mol. The number of hydrogen-bond acceptors (Lipinski definition) is 3. The standard InChI is InChI=1S/C15H25NOS/c1-12(2)14(15-6-4-10-18-15)11-16-8-3-5-13(16)7-9-17/h4,6,10,12-14,17H,3,5,7-9,11H2,1-2H3. The molecule has 0 aliphatic carbocycles. The quantitative estimate of drug-likeness (QED) is 0.854. The van der Waals surface area contributed by atoms with Gasteiger partial charge in [0.25, 0.3) is 0 Å². The zero-order valence-corrected chi connectivity index (χ0v) is 12.3. The summed E-state index contributed by atoms with van der Waals surface area (Å²) in [5.74, 6) is 1.32. The Morgan fingerprint density at radius 3 is 2.94 bits per heavy atom. The van der Waals surface area contributed by atoms with Gasteiger partial charge in [0.2, 0.25) is 0 Å². The van der Waals surface area contributed by atoms with E-state index in [2.05, 4.69) is 36.3 Å². The van der Waals surface area contributed by atoms with Crippen LogP contribution in [0.2, 0.25) is 0 Å². The maximum Gasteiger partial charge on any atom is 0.0445 e. The van der Waals surface area contributed by atoms with Gasteiger partial charge in [-0.25, -0.2) is 0 Å². The predicted molar refractivity (Wildman–Crippen MR) is 78.2 cm³/mol. The summed E-state index contributed by atoms with van der Waals surface area (Å²) in [5, 5.41) is 11.3. The zero-order chi connectivity index (χ0) is 13.0. The summed E-state index contributed by atoms with van der Waals surface area (Å²) < 4.78 is 0. The third kappa shape index (κ3) is 3.34. The van der Waals surface area contributed by atoms with E-state index in [0.29, 0.717) is 24.5 Å². The minimum atomic E-state index is 0.326. The lowest BCUT2D eigenvalue weighted by atomic mass is 9.93. The van der Waals surface area contributed by atoms with Crippen LogP contribution in [0.4, 0.5) is 0 Å². The molecule has 1 saturated heterocycles. The molecule has 2 atom stereocenters. The van der Waals surface area contributed by atoms with E-state index < -0.39 is 0 Å². The Labute approximate surface area is 115 Å². The fraction of sp³-hybridized carbons (Fsp3) is 0.733. The lowest BCUT2D eigenvalue weighted by Gasteiger charge is -2.30. The lowest BCUT2D eigenvalue weighted by Crippen LogP contribution is -2.35. The molecule has 0 amide bonds. The third-order valence-electron chi connectivity index (χ3n) is 4.11. The van der Waals surface area contributed by atoms with Crippen molar-refractivity contribution >= 4 is 11.3 Å². The average molecular weight is 267 g/mol. The van der Waals surface area contributed by atoms with E-state index >= 15 is 0 Å². The highest BCUT2D eigenvalue weighted by atomic mass is 32.1. The van der Waals surface area contributed by atoms with E-state index in [9.17, 15) is 0 Å². The molecular formula is C15H25NOS. The third-order valence-corrected chi connectivity index (χ3v) is 5.11. The summed E-state index contributed by atoms with van der Waals surface area (Å²) in [7, 11) is 0. The first-order valence-corrected chi connectivity index (χ1v) is 7.98. The van der Waals surface area contributed by atoms with Crippen molar-refractivity contribution < 1.29 is 5.11 Å². The summed E-state index contributed by atoms with van der Waals surface area (Å²) >= 11 is 1.88. The van der Waals surface area contributed by atoms with Crippen molar-refractivity contribution in [2.75, 3.05) is 19.7 Å². The highest BCUT2D eigenvalue weighted by Crippen LogP contribution is 2.32. The van der Waals surface area contributed by atoms with Gasteiger partial charge in [-0.1, -0.05) is 19.9 Å². The molecule has 1 aromatic heterocycles. The van der Waals surface area contributed by atoms with Crippen LogP contribution in [0.3, 0.4) is 0 Å². The number of likely N-dealkylation sites (tertiary alicyclic amines) is 1. The molecule has 3 heteroatoms. The summed E-state index contributed by atoms with van der Waals surface area (Å²) in [6.45, 7) is 7.33. The second-order valence-corrected chi connectivity index (χ2v) is 6.65. The van der Waals surface area contributed by atoms with Gasteiger partial charge in [0, 0.05) is 30.0 Å². The number of rotatable bonds is 6. The van der Waals surface area contributed by atoms with Gasteiger partial charge in [-0.15, -0.1) is 11.3 Å². The number of nitrogens with zero attached hydrogens (tertiary/aromatic N) is 1. The van der Waals surface area contributed by atoms with E-state index in [4.69, 9.17) is 5.11 Å². The summed E-state index contributed by atoms with van der Waals surface area (Å²) in [6, 6.07) is 5.04. The van der Waals surface area contributed by atoms with Crippen molar-refractivity contribution in [2.24, 2.45) is 5.92 Å². The maximum absolute atomic E-state index is 9.15. The van der Waals surface area contributed by atoms with Crippen molar-refractivity contribution in [2.45, 2.75) is 45.1 Å². The Morgan fingerprint density at radius 1 is 1.50 bits per heavy atom. The Hall–Kier alpha value is -0.380. The molecule has 0 spiro atoms. The fourth-order valence-electron chi connectivity index (χ4n) is 3.00. The highest BCUT2D eigenvalue weighted by Gasteiger charge is 2.28. The number of aliphatic hydroxyl groups excluding tert-OH is 1. The minimum Gasteiger partial charge on any atom is -0.396 e. The molecule has 2 rings (SSSR count). The molecule has 2 heterocycles. The Bertz CT molecular complexity index is 336. The Morgan fingerprint density at radius 2 is 2.33 bits per heavy atom. The molecule has 2 nitrogen and oxygen atoms in total. The first-order valence-electron chi connectivity index (χ1n) is 7.10. The van der Waals surface area contributed by atoms with Crippen LogP contribution in [0.25, 0.3) is 0 Å². The van der Waals surface area contributed by atoms with Gasteiger partial charge >= 0.3 is 0 Å². The molecule has 102 valence electrons. The van der Waals surface area contributed by atoms with Gasteiger partial charge < -0.3 is 5.11 Å². The van der Waals surface area contributed by atoms with Crippen LogP contribution in [-0.4, -0.2) is 35.7 Å². The zero-order valence-electron chi connectivity index (χ0n) is 11.5. The molecule has 1 N–H and O–H groups in total. The summed E-state index contributed by atoms with van der Waals surface area (Å²) in [5.41, 5.74) is 0. The van der Waals surface area contributed by atoms with Gasteiger partial charge in [-0.2, -0.15) is 0 Å². The number of thiophene rings is 1. The molecule has 1 fully saturated rings. The number of aliphatic hydroxyl groups is 1. The highest BCUT2D eigenvalue weighted by molar-refractivity contribution is 7.10. The first-order chi connectivity index (χ1) is 8.72. The molecule has 1 aromatic rings. The first kappa shape index (κ1) is 14.0. The topological polar surface area (TPSA) is 23.5 Å². The second-order valence-electron chi connectivity index (χ2n) is 5.67. The van der Waals surface area contributed by atoms with Crippen LogP contribution in [-0.2, 0) is 0 Å². The average Bonchev–Trinajstić information content (AvgIpc) is 2.97. The smallest absolute Gasteiger partial charge is 0.0445 e. The maximum atomic E-state index is 9.15. The molecule has 0 aromatic carbocycles. The molecule has 0 saturated carbocycles. The van der Waals surface area contributed by atoms with E-state index in [-0.39, 0.29) is 0 Å². The van der Waals surface area contributed by atoms with E-state index in [1.165, 1.54) is 24.3 Å². The molecule has 1 aliphatic heterocycles. The van der Waals surface area contributed by atoms with Gasteiger partial charge in [-0.3, -0.25) is 4.90 Å². The van der Waals surface area contributed by atoms with E-state index in [1.54, 1.807) is 0 Å². The van der Waals surface area contributed by atoms with Crippen LogP contribution in [0.1, 0.15) is 43.9 Å². The van der Waals surface area contributed by atoms with Crippen molar-refractivity contribution in [1.82, 2.24) is 4.90 Å². The molecule has 0 bridgehead atoms. The molecule has 2 unspecified atom stereocenters. The van der Waals surface area contributed by atoms with Crippen LogP contribution < -0.4 is 0 Å². The van der Waals surface area contributed by atoms with E-state index in [0.717, 1.165) is 13.0 Å². The van der Waals surface area contributed by atoms with Crippen LogP contribution in [0.15, 0.2) is 17.5 Å². The van der Waals surface area contributed by atoms with Crippen molar-refractivity contribution in [3.63, 3.8) is 0 Å². The van der Waals surface area contributed by atoms with Crippen LogP contribution in [0.5, 0.6) is 0 Å². The van der Waals surface area contributed by atoms with Gasteiger partial charge in [0.15, 0.2) is 0 Å². The molecule has 0 radical (unpaired) electrons. The van der Waals surface area contributed by atoms with Crippen molar-refractivity contribution in [3.05, 3.63) is 22.4 Å². The Kier molecular flexibility index (Phi) is 5.22. The van der Waals surface area contributed by atoms with Crippen LogP contribution in [0, 0.1) is 5.92 Å². The molecule has 1 aliphatic rings. The molecule has 18 heavy (non-hydrogen) atoms. The number of hydrogen-bond donors (Lipinski definition) is 1. The normalized spacial score (nSPS) is 22.8. The van der Waals surface area contributed by atoms with Gasteiger partial charge in [-0.05, 0) is 43.2 Å². The SMILES string of the molecule is CC(C)C(CN1CCCC1CCO)c1cccs1. The van der Waals surface area contributed by atoms with Crippen molar-refractivity contribution in [3.8, 4) is 0 Å². The fourth-order valence-corrected chi connectivity index (χ4v) is 3.99. The minimum absolute atomic E-state index is 0.326.